The number of fused-ring (bicyclic) bond motifs is 1. The van der Waals surface area contributed by atoms with Crippen molar-refractivity contribution in [3.63, 3.8) is 0 Å². The molecule has 0 unspecified atom stereocenters. The normalized spacial score (nSPS) is 21.7. The van der Waals surface area contributed by atoms with E-state index in [0.717, 1.165) is 28.1 Å². The van der Waals surface area contributed by atoms with E-state index in [9.17, 15) is 22.8 Å². The SMILES string of the molecule is CN1C[C@H](c2csc3c2CCOC3)[C@@H](C(=O)Nc2ccc(F)c(F)c2F)C1=O. The molecule has 4 rings (SSSR count). The number of halogens is 3. The number of nitrogens with one attached hydrogen (secondary N) is 1. The number of thiophene rings is 1. The predicted octanol–water partition coefficient (Wildman–Crippen LogP) is 3.05. The first kappa shape index (κ1) is 18.9. The van der Waals surface area contributed by atoms with Gasteiger partial charge in [0.2, 0.25) is 11.8 Å². The fourth-order valence-corrected chi connectivity index (χ4v) is 4.90. The van der Waals surface area contributed by atoms with Crippen molar-refractivity contribution >= 4 is 28.8 Å². The van der Waals surface area contributed by atoms with Gasteiger partial charge >= 0.3 is 0 Å². The van der Waals surface area contributed by atoms with Gasteiger partial charge in [0, 0.05) is 24.4 Å². The van der Waals surface area contributed by atoms with Crippen molar-refractivity contribution in [2.24, 2.45) is 5.92 Å². The average Bonchev–Trinajstić information content (AvgIpc) is 3.23. The van der Waals surface area contributed by atoms with Crippen LogP contribution >= 0.6 is 11.3 Å². The minimum atomic E-state index is -1.67. The van der Waals surface area contributed by atoms with Gasteiger partial charge in [-0.25, -0.2) is 13.2 Å². The van der Waals surface area contributed by atoms with Crippen molar-refractivity contribution in [1.29, 1.82) is 0 Å². The molecule has 2 atom stereocenters. The second-order valence-electron chi connectivity index (χ2n) is 6.91. The first-order chi connectivity index (χ1) is 13.4. The monoisotopic (exact) mass is 410 g/mol. The minimum Gasteiger partial charge on any atom is -0.376 e. The molecule has 0 aliphatic carbocycles. The molecule has 2 amide bonds. The molecule has 1 aromatic heterocycles. The number of amides is 2. The van der Waals surface area contributed by atoms with E-state index in [0.29, 0.717) is 26.2 Å². The van der Waals surface area contributed by atoms with Crippen LogP contribution in [0.1, 0.15) is 21.9 Å². The molecule has 1 fully saturated rings. The lowest BCUT2D eigenvalue weighted by Crippen LogP contribution is -2.33. The summed E-state index contributed by atoms with van der Waals surface area (Å²) in [5, 5.41) is 4.19. The number of benzene rings is 1. The number of ether oxygens (including phenoxy) is 1. The van der Waals surface area contributed by atoms with Crippen LogP contribution in [0.15, 0.2) is 17.5 Å². The van der Waals surface area contributed by atoms with E-state index in [4.69, 9.17) is 4.74 Å². The Bertz CT molecular complexity index is 962. The molecule has 5 nitrogen and oxygen atoms in total. The molecule has 28 heavy (non-hydrogen) atoms. The van der Waals surface area contributed by atoms with Gasteiger partial charge in [-0.2, -0.15) is 0 Å². The van der Waals surface area contributed by atoms with Crippen LogP contribution in [0.5, 0.6) is 0 Å². The van der Waals surface area contributed by atoms with Crippen LogP contribution in [-0.4, -0.2) is 36.9 Å². The third kappa shape index (κ3) is 3.08. The maximum atomic E-state index is 13.9. The number of anilines is 1. The smallest absolute Gasteiger partial charge is 0.237 e. The summed E-state index contributed by atoms with van der Waals surface area (Å²) in [6, 6.07) is 1.66. The molecule has 9 heteroatoms. The van der Waals surface area contributed by atoms with Gasteiger partial charge in [0.25, 0.3) is 0 Å². The Morgan fingerprint density at radius 3 is 2.86 bits per heavy atom. The fourth-order valence-electron chi connectivity index (χ4n) is 3.80. The van der Waals surface area contributed by atoms with E-state index in [2.05, 4.69) is 5.32 Å². The molecule has 1 aromatic carbocycles. The number of likely N-dealkylation sites (tertiary alicyclic amines) is 1. The summed E-state index contributed by atoms with van der Waals surface area (Å²) in [7, 11) is 1.60. The Hall–Kier alpha value is -2.39. The molecule has 2 aliphatic rings. The molecule has 0 radical (unpaired) electrons. The summed E-state index contributed by atoms with van der Waals surface area (Å²) in [6.07, 6.45) is 0.703. The summed E-state index contributed by atoms with van der Waals surface area (Å²) >= 11 is 1.53. The Morgan fingerprint density at radius 2 is 2.07 bits per heavy atom. The van der Waals surface area contributed by atoms with Crippen LogP contribution in [0.25, 0.3) is 0 Å². The first-order valence-corrected chi connectivity index (χ1v) is 9.62. The number of carbonyl (C=O) groups excluding carboxylic acids is 2. The van der Waals surface area contributed by atoms with Crippen molar-refractivity contribution in [3.05, 3.63) is 51.0 Å². The van der Waals surface area contributed by atoms with Crippen molar-refractivity contribution in [3.8, 4) is 0 Å². The highest BCUT2D eigenvalue weighted by Crippen LogP contribution is 2.40. The van der Waals surface area contributed by atoms with Gasteiger partial charge in [0.1, 0.15) is 5.92 Å². The van der Waals surface area contributed by atoms with E-state index in [1.807, 2.05) is 5.38 Å². The molecule has 3 heterocycles. The molecule has 0 spiro atoms. The van der Waals surface area contributed by atoms with Gasteiger partial charge in [-0.3, -0.25) is 9.59 Å². The van der Waals surface area contributed by atoms with Crippen LogP contribution in [0.4, 0.5) is 18.9 Å². The van der Waals surface area contributed by atoms with Gasteiger partial charge in [-0.15, -0.1) is 11.3 Å². The number of hydrogen-bond donors (Lipinski definition) is 1. The molecule has 1 N–H and O–H groups in total. The van der Waals surface area contributed by atoms with E-state index >= 15 is 0 Å². The standard InChI is InChI=1S/C19H17F3N2O3S/c1-24-6-10(11-8-28-14-7-27-5-4-9(11)14)15(19(24)26)18(25)23-13-3-2-12(20)16(21)17(13)22/h2-3,8,10,15H,4-7H2,1H3,(H,23,25)/t10-,15+/m1/s1. The second-order valence-corrected chi connectivity index (χ2v) is 7.87. The summed E-state index contributed by atoms with van der Waals surface area (Å²) < 4.78 is 46.0. The topological polar surface area (TPSA) is 58.6 Å². The zero-order chi connectivity index (χ0) is 20.0. The van der Waals surface area contributed by atoms with Gasteiger partial charge in [-0.05, 0) is 35.1 Å². The Labute approximate surface area is 163 Å². The lowest BCUT2D eigenvalue weighted by molar-refractivity contribution is -0.135. The van der Waals surface area contributed by atoms with Crippen molar-refractivity contribution in [1.82, 2.24) is 4.90 Å². The Morgan fingerprint density at radius 1 is 1.29 bits per heavy atom. The van der Waals surface area contributed by atoms with E-state index in [-0.39, 0.29) is 0 Å². The molecule has 0 bridgehead atoms. The van der Waals surface area contributed by atoms with Gasteiger partial charge in [0.05, 0.1) is 18.9 Å². The quantitative estimate of drug-likeness (QED) is 0.625. The summed E-state index contributed by atoms with van der Waals surface area (Å²) in [6.45, 7) is 1.43. The lowest BCUT2D eigenvalue weighted by Gasteiger charge is -2.20. The maximum Gasteiger partial charge on any atom is 0.237 e. The van der Waals surface area contributed by atoms with Gasteiger partial charge < -0.3 is 15.0 Å². The van der Waals surface area contributed by atoms with Crippen molar-refractivity contribution in [2.75, 3.05) is 25.5 Å². The fraction of sp³-hybridized carbons (Fsp3) is 0.368. The molecule has 2 aliphatic heterocycles. The summed E-state index contributed by atoms with van der Waals surface area (Å²) in [5.41, 5.74) is 1.53. The molecule has 2 aromatic rings. The van der Waals surface area contributed by atoms with Crippen LogP contribution in [-0.2, 0) is 27.4 Å². The number of rotatable bonds is 3. The van der Waals surface area contributed by atoms with Crippen LogP contribution in [0, 0.1) is 23.4 Å². The Balaban J connectivity index is 1.64. The second kappa shape index (κ2) is 7.21. The maximum absolute atomic E-state index is 13.9. The molecular weight excluding hydrogens is 393 g/mol. The first-order valence-electron chi connectivity index (χ1n) is 8.74. The third-order valence-electron chi connectivity index (χ3n) is 5.23. The average molecular weight is 410 g/mol. The largest absolute Gasteiger partial charge is 0.376 e. The van der Waals surface area contributed by atoms with Crippen LogP contribution in [0.2, 0.25) is 0 Å². The predicted molar refractivity (Wildman–Crippen MR) is 96.5 cm³/mol. The highest BCUT2D eigenvalue weighted by atomic mass is 32.1. The summed E-state index contributed by atoms with van der Waals surface area (Å²) in [5.74, 6) is -7.11. The lowest BCUT2D eigenvalue weighted by atomic mass is 9.85. The molecule has 0 saturated carbocycles. The number of likely N-dealkylation sites (N-methyl/N-ethyl adjacent to an activating group) is 1. The number of nitrogens with zero attached hydrogens (tertiary/aromatic N) is 1. The summed E-state index contributed by atoms with van der Waals surface area (Å²) in [4.78, 5) is 28.0. The third-order valence-corrected chi connectivity index (χ3v) is 6.25. The van der Waals surface area contributed by atoms with Crippen LogP contribution < -0.4 is 5.32 Å². The van der Waals surface area contributed by atoms with Gasteiger partial charge in [0.15, 0.2) is 17.5 Å². The van der Waals surface area contributed by atoms with Crippen molar-refractivity contribution in [2.45, 2.75) is 18.9 Å². The molecule has 148 valence electrons. The Kier molecular flexibility index (Phi) is 4.88. The van der Waals surface area contributed by atoms with Crippen molar-refractivity contribution < 1.29 is 27.5 Å². The zero-order valence-electron chi connectivity index (χ0n) is 14.9. The number of carbonyl (C=O) groups is 2. The zero-order valence-corrected chi connectivity index (χ0v) is 15.7. The van der Waals surface area contributed by atoms with E-state index < -0.39 is 46.8 Å². The van der Waals surface area contributed by atoms with E-state index in [1.165, 1.54) is 16.2 Å². The highest BCUT2D eigenvalue weighted by molar-refractivity contribution is 7.10. The molecule has 1 saturated heterocycles. The molecular formula is C19H17F3N2O3S. The minimum absolute atomic E-state index is 0.348. The van der Waals surface area contributed by atoms with Crippen LogP contribution in [0.3, 0.4) is 0 Å². The number of hydrogen-bond acceptors (Lipinski definition) is 4. The van der Waals surface area contributed by atoms with E-state index in [1.54, 1.807) is 7.05 Å². The highest BCUT2D eigenvalue weighted by Gasteiger charge is 2.45. The van der Waals surface area contributed by atoms with Gasteiger partial charge in [-0.1, -0.05) is 0 Å².